The summed E-state index contributed by atoms with van der Waals surface area (Å²) >= 11 is 6.70. The molecular weight excluding hydrogens is 322 g/mol. The summed E-state index contributed by atoms with van der Waals surface area (Å²) < 4.78 is 0.964. The fourth-order valence-corrected chi connectivity index (χ4v) is 1.60. The number of carbonyl (C=O) groups excluding carboxylic acids is 1. The van der Waals surface area contributed by atoms with Crippen LogP contribution in [0.25, 0.3) is 0 Å². The maximum Gasteiger partial charge on any atom is 0.238 e. The predicted octanol–water partition coefficient (Wildman–Crippen LogP) is 3.87. The molecule has 2 nitrogen and oxygen atoms in total. The SMILES string of the molecule is CCC(Br)C(=O)Nc1cc(Br)ccc1C. The van der Waals surface area contributed by atoms with Gasteiger partial charge in [0.25, 0.3) is 0 Å². The van der Waals surface area contributed by atoms with Crippen molar-refractivity contribution in [2.75, 3.05) is 5.32 Å². The number of aryl methyl sites for hydroxylation is 1. The number of anilines is 1. The van der Waals surface area contributed by atoms with Gasteiger partial charge in [0.05, 0.1) is 4.83 Å². The van der Waals surface area contributed by atoms with E-state index in [4.69, 9.17) is 0 Å². The number of amides is 1. The second-order valence-corrected chi connectivity index (χ2v) is 5.35. The Hall–Kier alpha value is -0.350. The summed E-state index contributed by atoms with van der Waals surface area (Å²) in [6, 6.07) is 5.83. The van der Waals surface area contributed by atoms with Crippen LogP contribution < -0.4 is 5.32 Å². The van der Waals surface area contributed by atoms with Gasteiger partial charge in [0.15, 0.2) is 0 Å². The van der Waals surface area contributed by atoms with Gasteiger partial charge in [0.1, 0.15) is 0 Å². The topological polar surface area (TPSA) is 29.1 Å². The maximum absolute atomic E-state index is 11.6. The molecule has 1 unspecified atom stereocenters. The molecule has 0 spiro atoms. The molecule has 15 heavy (non-hydrogen) atoms. The fourth-order valence-electron chi connectivity index (χ4n) is 1.13. The Labute approximate surface area is 107 Å². The molecule has 0 bridgehead atoms. The summed E-state index contributed by atoms with van der Waals surface area (Å²) in [6.45, 7) is 3.93. The van der Waals surface area contributed by atoms with Gasteiger partial charge in [-0.15, -0.1) is 0 Å². The van der Waals surface area contributed by atoms with E-state index in [0.29, 0.717) is 0 Å². The molecule has 4 heteroatoms. The number of benzene rings is 1. The van der Waals surface area contributed by atoms with Gasteiger partial charge in [-0.25, -0.2) is 0 Å². The van der Waals surface area contributed by atoms with Crippen LogP contribution in [0, 0.1) is 6.92 Å². The third kappa shape index (κ3) is 3.61. The predicted molar refractivity (Wildman–Crippen MR) is 70.5 cm³/mol. The van der Waals surface area contributed by atoms with E-state index < -0.39 is 0 Å². The Bertz CT molecular complexity index is 366. The van der Waals surface area contributed by atoms with Crippen molar-refractivity contribution in [3.8, 4) is 0 Å². The molecule has 0 aromatic heterocycles. The van der Waals surface area contributed by atoms with Crippen LogP contribution in [0.4, 0.5) is 5.69 Å². The van der Waals surface area contributed by atoms with Crippen molar-refractivity contribution in [1.29, 1.82) is 0 Å². The molecule has 0 saturated carbocycles. The van der Waals surface area contributed by atoms with Crippen molar-refractivity contribution in [1.82, 2.24) is 0 Å². The van der Waals surface area contributed by atoms with Crippen LogP contribution in [0.5, 0.6) is 0 Å². The number of rotatable bonds is 3. The smallest absolute Gasteiger partial charge is 0.238 e. The molecule has 0 aliphatic rings. The van der Waals surface area contributed by atoms with E-state index in [1.54, 1.807) is 0 Å². The Balaban J connectivity index is 2.80. The first kappa shape index (κ1) is 12.7. The monoisotopic (exact) mass is 333 g/mol. The second kappa shape index (κ2) is 5.66. The van der Waals surface area contributed by atoms with Crippen molar-refractivity contribution >= 4 is 43.5 Å². The summed E-state index contributed by atoms with van der Waals surface area (Å²) in [5.74, 6) is -0.00120. The van der Waals surface area contributed by atoms with Crippen molar-refractivity contribution in [3.05, 3.63) is 28.2 Å². The highest BCUT2D eigenvalue weighted by molar-refractivity contribution is 9.10. The number of hydrogen-bond acceptors (Lipinski definition) is 1. The summed E-state index contributed by atoms with van der Waals surface area (Å²) in [7, 11) is 0. The minimum absolute atomic E-state index is 0.00120. The van der Waals surface area contributed by atoms with Crippen LogP contribution in [0.3, 0.4) is 0 Å². The second-order valence-electron chi connectivity index (χ2n) is 3.32. The highest BCUT2D eigenvalue weighted by atomic mass is 79.9. The van der Waals surface area contributed by atoms with Crippen LogP contribution in [-0.4, -0.2) is 10.7 Å². The van der Waals surface area contributed by atoms with Gasteiger partial charge in [-0.2, -0.15) is 0 Å². The van der Waals surface area contributed by atoms with Crippen molar-refractivity contribution in [2.24, 2.45) is 0 Å². The first-order chi connectivity index (χ1) is 7.04. The van der Waals surface area contributed by atoms with Crippen LogP contribution >= 0.6 is 31.9 Å². The van der Waals surface area contributed by atoms with Gasteiger partial charge in [-0.3, -0.25) is 4.79 Å². The lowest BCUT2D eigenvalue weighted by molar-refractivity contribution is -0.115. The van der Waals surface area contributed by atoms with E-state index in [1.165, 1.54) is 0 Å². The van der Waals surface area contributed by atoms with Gasteiger partial charge in [-0.05, 0) is 31.0 Å². The Morgan fingerprint density at radius 3 is 2.80 bits per heavy atom. The quantitative estimate of drug-likeness (QED) is 0.835. The van der Waals surface area contributed by atoms with E-state index in [-0.39, 0.29) is 10.7 Å². The van der Waals surface area contributed by atoms with Crippen molar-refractivity contribution < 1.29 is 4.79 Å². The van der Waals surface area contributed by atoms with Crippen LogP contribution in [0.2, 0.25) is 0 Å². The molecule has 1 amide bonds. The molecule has 0 heterocycles. The minimum Gasteiger partial charge on any atom is -0.325 e. The van der Waals surface area contributed by atoms with E-state index in [9.17, 15) is 4.79 Å². The lowest BCUT2D eigenvalue weighted by Crippen LogP contribution is -2.22. The van der Waals surface area contributed by atoms with Crippen molar-refractivity contribution in [2.45, 2.75) is 25.1 Å². The maximum atomic E-state index is 11.6. The average Bonchev–Trinajstić information content (AvgIpc) is 2.22. The summed E-state index contributed by atoms with van der Waals surface area (Å²) in [4.78, 5) is 11.5. The lowest BCUT2D eigenvalue weighted by Gasteiger charge is -2.11. The molecule has 1 aromatic rings. The van der Waals surface area contributed by atoms with E-state index in [1.807, 2.05) is 32.0 Å². The Morgan fingerprint density at radius 1 is 1.53 bits per heavy atom. The lowest BCUT2D eigenvalue weighted by atomic mass is 10.2. The fraction of sp³-hybridized carbons (Fsp3) is 0.364. The van der Waals surface area contributed by atoms with E-state index in [2.05, 4.69) is 37.2 Å². The molecule has 0 aliphatic carbocycles. The highest BCUT2D eigenvalue weighted by Gasteiger charge is 2.13. The first-order valence-electron chi connectivity index (χ1n) is 4.75. The van der Waals surface area contributed by atoms with Crippen LogP contribution in [0.1, 0.15) is 18.9 Å². The molecule has 1 N–H and O–H groups in total. The molecule has 0 radical (unpaired) electrons. The molecular formula is C11H13Br2NO. The largest absolute Gasteiger partial charge is 0.325 e. The third-order valence-corrected chi connectivity index (χ3v) is 3.66. The van der Waals surface area contributed by atoms with E-state index in [0.717, 1.165) is 22.1 Å². The van der Waals surface area contributed by atoms with Crippen LogP contribution in [-0.2, 0) is 4.79 Å². The number of nitrogens with one attached hydrogen (secondary N) is 1. The van der Waals surface area contributed by atoms with Gasteiger partial charge in [-0.1, -0.05) is 44.8 Å². The summed E-state index contributed by atoms with van der Waals surface area (Å²) in [6.07, 6.45) is 0.777. The van der Waals surface area contributed by atoms with Gasteiger partial charge < -0.3 is 5.32 Å². The third-order valence-electron chi connectivity index (χ3n) is 2.10. The van der Waals surface area contributed by atoms with Crippen molar-refractivity contribution in [3.63, 3.8) is 0 Å². The molecule has 82 valence electrons. The standard InChI is InChI=1S/C11H13Br2NO/c1-3-9(13)11(15)14-10-6-8(12)5-4-7(10)2/h4-6,9H,3H2,1-2H3,(H,14,15). The molecule has 1 aromatic carbocycles. The molecule has 1 atom stereocenters. The average molecular weight is 335 g/mol. The number of halogens is 2. The summed E-state index contributed by atoms with van der Waals surface area (Å²) in [5, 5.41) is 2.89. The zero-order valence-electron chi connectivity index (χ0n) is 8.68. The zero-order chi connectivity index (χ0) is 11.4. The Kier molecular flexibility index (Phi) is 4.80. The molecule has 0 saturated heterocycles. The van der Waals surface area contributed by atoms with E-state index >= 15 is 0 Å². The number of hydrogen-bond donors (Lipinski definition) is 1. The first-order valence-corrected chi connectivity index (χ1v) is 6.46. The molecule has 0 fully saturated rings. The number of carbonyl (C=O) groups is 1. The molecule has 0 aliphatic heterocycles. The van der Waals surface area contributed by atoms with Gasteiger partial charge >= 0.3 is 0 Å². The summed E-state index contributed by atoms with van der Waals surface area (Å²) in [5.41, 5.74) is 1.91. The van der Waals surface area contributed by atoms with Gasteiger partial charge in [0.2, 0.25) is 5.91 Å². The zero-order valence-corrected chi connectivity index (χ0v) is 11.9. The minimum atomic E-state index is -0.129. The Morgan fingerprint density at radius 2 is 2.20 bits per heavy atom. The normalized spacial score (nSPS) is 12.3. The molecule has 1 rings (SSSR count). The number of alkyl halides is 1. The highest BCUT2D eigenvalue weighted by Crippen LogP contribution is 2.21. The van der Waals surface area contributed by atoms with Gasteiger partial charge in [0, 0.05) is 10.2 Å². The van der Waals surface area contributed by atoms with Crippen LogP contribution in [0.15, 0.2) is 22.7 Å².